The van der Waals surface area contributed by atoms with Crippen LogP contribution in [-0.4, -0.2) is 94.6 Å². The third-order valence-electron chi connectivity index (χ3n) is 6.63. The van der Waals surface area contributed by atoms with E-state index in [-0.39, 0.29) is 18.0 Å². The molecule has 0 saturated carbocycles. The number of para-hydroxylation sites is 1. The third-order valence-corrected chi connectivity index (χ3v) is 6.63. The third kappa shape index (κ3) is 4.58. The summed E-state index contributed by atoms with van der Waals surface area (Å²) in [5, 5.41) is 0.526. The van der Waals surface area contributed by atoms with Gasteiger partial charge in [-0.1, -0.05) is 12.1 Å². The maximum absolute atomic E-state index is 12.9. The number of aryl methyl sites for hydroxylation is 1. The van der Waals surface area contributed by atoms with E-state index >= 15 is 0 Å². The van der Waals surface area contributed by atoms with Crippen LogP contribution in [0.2, 0.25) is 0 Å². The van der Waals surface area contributed by atoms with Crippen LogP contribution in [0.3, 0.4) is 0 Å². The Morgan fingerprint density at radius 1 is 0.912 bits per heavy atom. The zero-order valence-corrected chi connectivity index (χ0v) is 19.7. The van der Waals surface area contributed by atoms with E-state index in [4.69, 9.17) is 0 Å². The van der Waals surface area contributed by atoms with E-state index in [9.17, 15) is 9.59 Å². The number of hydrogen-bond donors (Lipinski definition) is 0. The summed E-state index contributed by atoms with van der Waals surface area (Å²) in [6, 6.07) is 9.25. The molecule has 178 valence electrons. The molecule has 0 spiro atoms. The maximum atomic E-state index is 12.9. The molecule has 2 aliphatic rings. The number of fused-ring (bicyclic) bond motifs is 1. The van der Waals surface area contributed by atoms with E-state index < -0.39 is 0 Å². The van der Waals surface area contributed by atoms with E-state index in [1.807, 2.05) is 17.9 Å². The summed E-state index contributed by atoms with van der Waals surface area (Å²) in [6.07, 6.45) is 1.46. The standard InChI is InChI=1S/C24H30N8O2/c1-18-26-21(29-9-7-28(2)8-10-29)15-22(27-18)30-11-13-31(14-12-30)23(33)16-32-17-25-20-6-4-3-5-19(20)24(32)34/h3-6,15,17H,7-14,16H2,1-2H3. The summed E-state index contributed by atoms with van der Waals surface area (Å²) < 4.78 is 1.40. The number of nitrogens with zero attached hydrogens (tertiary/aromatic N) is 8. The molecule has 2 aromatic heterocycles. The minimum atomic E-state index is -0.189. The van der Waals surface area contributed by atoms with E-state index in [2.05, 4.69) is 42.8 Å². The van der Waals surface area contributed by atoms with Gasteiger partial charge in [0.05, 0.1) is 17.2 Å². The summed E-state index contributed by atoms with van der Waals surface area (Å²) in [4.78, 5) is 47.9. The molecule has 0 atom stereocenters. The van der Waals surface area contributed by atoms with Crippen LogP contribution in [0.15, 0.2) is 41.5 Å². The highest BCUT2D eigenvalue weighted by Gasteiger charge is 2.24. The van der Waals surface area contributed by atoms with Crippen molar-refractivity contribution >= 4 is 28.4 Å². The fourth-order valence-electron chi connectivity index (χ4n) is 4.55. The molecule has 0 bridgehead atoms. The second kappa shape index (κ2) is 9.38. The first-order valence-electron chi connectivity index (χ1n) is 11.7. The normalized spacial score (nSPS) is 17.4. The van der Waals surface area contributed by atoms with Crippen LogP contribution in [0.1, 0.15) is 5.82 Å². The average Bonchev–Trinajstić information content (AvgIpc) is 2.86. The molecule has 0 unspecified atom stereocenters. The minimum absolute atomic E-state index is 0.00314. The first-order chi connectivity index (χ1) is 16.5. The number of rotatable bonds is 4. The van der Waals surface area contributed by atoms with Crippen molar-refractivity contribution in [2.45, 2.75) is 13.5 Å². The number of carbonyl (C=O) groups excluding carboxylic acids is 1. The zero-order chi connectivity index (χ0) is 23.7. The van der Waals surface area contributed by atoms with E-state index in [0.29, 0.717) is 37.1 Å². The number of likely N-dealkylation sites (N-methyl/N-ethyl adjacent to an activating group) is 1. The molecule has 0 N–H and O–H groups in total. The van der Waals surface area contributed by atoms with Gasteiger partial charge in [0.1, 0.15) is 24.0 Å². The summed E-state index contributed by atoms with van der Waals surface area (Å²) in [5.74, 6) is 2.56. The van der Waals surface area contributed by atoms with Gasteiger partial charge in [-0.05, 0) is 26.1 Å². The number of hydrogen-bond acceptors (Lipinski definition) is 8. The molecule has 3 aromatic rings. The Labute approximate surface area is 198 Å². The van der Waals surface area contributed by atoms with Crippen LogP contribution in [0.4, 0.5) is 11.6 Å². The SMILES string of the molecule is Cc1nc(N2CCN(C)CC2)cc(N2CCN(C(=O)Cn3cnc4ccccc4c3=O)CC2)n1. The van der Waals surface area contributed by atoms with Crippen LogP contribution in [0, 0.1) is 6.92 Å². The molecule has 4 heterocycles. The Morgan fingerprint density at radius 2 is 1.53 bits per heavy atom. The zero-order valence-electron chi connectivity index (χ0n) is 19.7. The fraction of sp³-hybridized carbons (Fsp3) is 0.458. The summed E-state index contributed by atoms with van der Waals surface area (Å²) in [6.45, 7) is 8.43. The fourth-order valence-corrected chi connectivity index (χ4v) is 4.55. The van der Waals surface area contributed by atoms with E-state index in [1.54, 1.807) is 18.2 Å². The second-order valence-corrected chi connectivity index (χ2v) is 8.98. The van der Waals surface area contributed by atoms with Gasteiger partial charge in [0, 0.05) is 58.4 Å². The molecule has 1 amide bonds. The second-order valence-electron chi connectivity index (χ2n) is 8.98. The van der Waals surface area contributed by atoms with Crippen molar-refractivity contribution in [2.75, 3.05) is 69.2 Å². The average molecular weight is 463 g/mol. The highest BCUT2D eigenvalue weighted by molar-refractivity contribution is 5.79. The molecule has 2 saturated heterocycles. The first kappa shape index (κ1) is 22.3. The van der Waals surface area contributed by atoms with Crippen molar-refractivity contribution in [1.29, 1.82) is 0 Å². The monoisotopic (exact) mass is 462 g/mol. The molecule has 0 aliphatic carbocycles. The van der Waals surface area contributed by atoms with Crippen molar-refractivity contribution in [3.63, 3.8) is 0 Å². The van der Waals surface area contributed by atoms with Crippen LogP contribution in [0.25, 0.3) is 10.9 Å². The first-order valence-corrected chi connectivity index (χ1v) is 11.7. The van der Waals surface area contributed by atoms with Gasteiger partial charge in [-0.3, -0.25) is 14.2 Å². The predicted molar refractivity (Wildman–Crippen MR) is 131 cm³/mol. The number of carbonyl (C=O) groups is 1. The number of piperazine rings is 2. The van der Waals surface area contributed by atoms with Crippen molar-refractivity contribution in [1.82, 2.24) is 29.3 Å². The number of anilines is 2. The Kier molecular flexibility index (Phi) is 6.14. The molecule has 10 nitrogen and oxygen atoms in total. The molecule has 10 heteroatoms. The van der Waals surface area contributed by atoms with Gasteiger partial charge in [0.15, 0.2) is 0 Å². The molecule has 2 fully saturated rings. The van der Waals surface area contributed by atoms with Gasteiger partial charge in [0.2, 0.25) is 5.91 Å². The molecule has 34 heavy (non-hydrogen) atoms. The van der Waals surface area contributed by atoms with Crippen LogP contribution in [-0.2, 0) is 11.3 Å². The molecule has 1 aromatic carbocycles. The summed E-state index contributed by atoms with van der Waals surface area (Å²) >= 11 is 0. The Balaban J connectivity index is 1.23. The number of amides is 1. The van der Waals surface area contributed by atoms with Gasteiger partial charge in [0.25, 0.3) is 5.56 Å². The quantitative estimate of drug-likeness (QED) is 0.557. The summed E-state index contributed by atoms with van der Waals surface area (Å²) in [5.41, 5.74) is 0.450. The largest absolute Gasteiger partial charge is 0.354 e. The Bertz CT molecular complexity index is 1240. The van der Waals surface area contributed by atoms with Crippen LogP contribution in [0.5, 0.6) is 0 Å². The van der Waals surface area contributed by atoms with E-state index in [1.165, 1.54) is 10.9 Å². The van der Waals surface area contributed by atoms with Crippen LogP contribution < -0.4 is 15.4 Å². The highest BCUT2D eigenvalue weighted by Crippen LogP contribution is 2.21. The topological polar surface area (TPSA) is 90.7 Å². The van der Waals surface area contributed by atoms with Crippen molar-refractivity contribution in [2.24, 2.45) is 0 Å². The Hall–Kier alpha value is -3.53. The predicted octanol–water partition coefficient (Wildman–Crippen LogP) is 0.596. The lowest BCUT2D eigenvalue weighted by Crippen LogP contribution is -2.50. The highest BCUT2D eigenvalue weighted by atomic mass is 16.2. The van der Waals surface area contributed by atoms with Gasteiger partial charge in [-0.15, -0.1) is 0 Å². The Morgan fingerprint density at radius 3 is 2.21 bits per heavy atom. The van der Waals surface area contributed by atoms with E-state index in [0.717, 1.165) is 43.6 Å². The van der Waals surface area contributed by atoms with Crippen molar-refractivity contribution in [3.8, 4) is 0 Å². The molecule has 0 radical (unpaired) electrons. The molecular weight excluding hydrogens is 432 g/mol. The lowest BCUT2D eigenvalue weighted by molar-refractivity contribution is -0.132. The molecule has 2 aliphatic heterocycles. The van der Waals surface area contributed by atoms with Gasteiger partial charge in [-0.2, -0.15) is 0 Å². The maximum Gasteiger partial charge on any atom is 0.261 e. The minimum Gasteiger partial charge on any atom is -0.354 e. The summed E-state index contributed by atoms with van der Waals surface area (Å²) in [7, 11) is 2.14. The van der Waals surface area contributed by atoms with Gasteiger partial charge < -0.3 is 19.6 Å². The molecule has 5 rings (SSSR count). The van der Waals surface area contributed by atoms with Crippen molar-refractivity contribution < 1.29 is 4.79 Å². The number of aromatic nitrogens is 4. The van der Waals surface area contributed by atoms with Gasteiger partial charge in [-0.25, -0.2) is 15.0 Å². The van der Waals surface area contributed by atoms with Gasteiger partial charge >= 0.3 is 0 Å². The van der Waals surface area contributed by atoms with Crippen molar-refractivity contribution in [3.05, 3.63) is 52.8 Å². The lowest BCUT2D eigenvalue weighted by atomic mass is 10.2. The molecular formula is C24H30N8O2. The number of benzene rings is 1. The lowest BCUT2D eigenvalue weighted by Gasteiger charge is -2.37. The smallest absolute Gasteiger partial charge is 0.261 e. The van der Waals surface area contributed by atoms with Crippen LogP contribution >= 0.6 is 0 Å².